The molecule has 0 aliphatic carbocycles. The Morgan fingerprint density at radius 1 is 1.14 bits per heavy atom. The molecule has 1 fully saturated rings. The molecule has 1 saturated heterocycles. The van der Waals surface area contributed by atoms with Crippen molar-refractivity contribution >= 4 is 20.3 Å². The third-order valence-corrected chi connectivity index (χ3v) is 10.2. The summed E-state index contributed by atoms with van der Waals surface area (Å²) in [6.07, 6.45) is 0.384. The second-order valence-corrected chi connectivity index (χ2v) is 13.6. The van der Waals surface area contributed by atoms with Crippen molar-refractivity contribution in [3.63, 3.8) is 0 Å². The number of piperazine rings is 1. The molecule has 0 bridgehead atoms. The highest BCUT2D eigenvalue weighted by Crippen LogP contribution is 2.36. The van der Waals surface area contributed by atoms with Gasteiger partial charge in [-0.05, 0) is 30.1 Å². The first-order chi connectivity index (χ1) is 13.1. The van der Waals surface area contributed by atoms with E-state index in [-0.39, 0.29) is 24.1 Å². The molecule has 0 aromatic heterocycles. The van der Waals surface area contributed by atoms with Crippen LogP contribution in [0.5, 0.6) is 0 Å². The summed E-state index contributed by atoms with van der Waals surface area (Å²) in [5.74, 6) is -0.0322. The Balaban J connectivity index is 1.70. The number of rotatable bonds is 7. The second kappa shape index (κ2) is 9.56. The van der Waals surface area contributed by atoms with E-state index in [1.165, 1.54) is 4.90 Å². The average Bonchev–Trinajstić information content (AvgIpc) is 2.64. The van der Waals surface area contributed by atoms with Crippen molar-refractivity contribution in [1.29, 1.82) is 0 Å². The van der Waals surface area contributed by atoms with Gasteiger partial charge in [-0.25, -0.2) is 4.79 Å². The molecule has 1 heterocycles. The lowest BCUT2D eigenvalue weighted by atomic mass is 10.2. The Bertz CT molecular complexity index is 658. The van der Waals surface area contributed by atoms with Gasteiger partial charge in [0, 0.05) is 26.2 Å². The van der Waals surface area contributed by atoms with E-state index in [1.54, 1.807) is 0 Å². The summed E-state index contributed by atoms with van der Waals surface area (Å²) >= 11 is 0. The minimum absolute atomic E-state index is 0.0322. The molecule has 1 aliphatic heterocycles. The minimum Gasteiger partial charge on any atom is -0.445 e. The fourth-order valence-corrected chi connectivity index (χ4v) is 3.80. The van der Waals surface area contributed by atoms with Gasteiger partial charge < -0.3 is 14.1 Å². The van der Waals surface area contributed by atoms with Crippen LogP contribution in [0.15, 0.2) is 30.3 Å². The maximum atomic E-state index is 12.4. The van der Waals surface area contributed by atoms with Crippen LogP contribution in [0.1, 0.15) is 32.8 Å². The van der Waals surface area contributed by atoms with Crippen LogP contribution in [0.3, 0.4) is 0 Å². The molecule has 0 unspecified atom stereocenters. The number of hydrogen-bond acceptors (Lipinski definition) is 4. The lowest BCUT2D eigenvalue weighted by Gasteiger charge is -2.37. The van der Waals surface area contributed by atoms with Crippen LogP contribution in [-0.2, 0) is 20.6 Å². The first kappa shape index (κ1) is 22.4. The third-order valence-electron chi connectivity index (χ3n) is 5.62. The van der Waals surface area contributed by atoms with Gasteiger partial charge in [0.1, 0.15) is 13.2 Å². The van der Waals surface area contributed by atoms with Crippen molar-refractivity contribution in [2.45, 2.75) is 51.9 Å². The molecule has 7 heteroatoms. The molecule has 156 valence electrons. The number of carbonyl (C=O) groups excluding carboxylic acids is 2. The molecule has 1 aliphatic rings. The number of nitrogens with zero attached hydrogens (tertiary/aromatic N) is 2. The lowest BCUT2D eigenvalue weighted by molar-refractivity contribution is -0.135. The molecule has 2 amide bonds. The Hall–Kier alpha value is -1.86. The minimum atomic E-state index is -1.74. The van der Waals surface area contributed by atoms with Crippen LogP contribution >= 0.6 is 0 Å². The van der Waals surface area contributed by atoms with Crippen LogP contribution in [-0.4, -0.2) is 62.9 Å². The quantitative estimate of drug-likeness (QED) is 0.509. The molecule has 0 saturated carbocycles. The summed E-state index contributed by atoms with van der Waals surface area (Å²) in [5, 5.41) is 0.189. The second-order valence-electron chi connectivity index (χ2n) is 8.80. The zero-order chi connectivity index (χ0) is 20.8. The molecule has 1 aromatic rings. The van der Waals surface area contributed by atoms with Crippen molar-refractivity contribution < 1.29 is 18.8 Å². The van der Waals surface area contributed by atoms with Crippen molar-refractivity contribution in [1.82, 2.24) is 9.80 Å². The highest BCUT2D eigenvalue weighted by atomic mass is 28.4. The number of ether oxygens (including phenoxy) is 1. The van der Waals surface area contributed by atoms with E-state index in [9.17, 15) is 9.59 Å². The van der Waals surface area contributed by atoms with Gasteiger partial charge in [-0.3, -0.25) is 9.69 Å². The standard InChI is InChI=1S/C21H34N2O4Si/c1-21(2,3)28(4,5)27-15-9-12-22-13-14-23(16-19(22)24)20(25)26-17-18-10-7-6-8-11-18/h6-8,10-11H,9,12-17H2,1-5H3. The normalized spacial score (nSPS) is 15.7. The van der Waals surface area contributed by atoms with Crippen molar-refractivity contribution in [2.75, 3.05) is 32.8 Å². The Kier molecular flexibility index (Phi) is 7.66. The number of carbonyl (C=O) groups is 2. The Morgan fingerprint density at radius 2 is 1.82 bits per heavy atom. The first-order valence-electron chi connectivity index (χ1n) is 9.97. The van der Waals surface area contributed by atoms with Gasteiger partial charge in [0.25, 0.3) is 0 Å². The van der Waals surface area contributed by atoms with Crippen molar-refractivity contribution in [3.05, 3.63) is 35.9 Å². The summed E-state index contributed by atoms with van der Waals surface area (Å²) in [4.78, 5) is 27.9. The van der Waals surface area contributed by atoms with E-state index in [4.69, 9.17) is 9.16 Å². The van der Waals surface area contributed by atoms with Gasteiger partial charge in [-0.15, -0.1) is 0 Å². The van der Waals surface area contributed by atoms with Crippen molar-refractivity contribution in [2.24, 2.45) is 0 Å². The van der Waals surface area contributed by atoms with Gasteiger partial charge >= 0.3 is 6.09 Å². The van der Waals surface area contributed by atoms with Gasteiger partial charge in [0.15, 0.2) is 8.32 Å². The Morgan fingerprint density at radius 3 is 2.43 bits per heavy atom. The maximum absolute atomic E-state index is 12.4. The van der Waals surface area contributed by atoms with E-state index < -0.39 is 14.4 Å². The summed E-state index contributed by atoms with van der Waals surface area (Å²) in [5.41, 5.74) is 0.933. The first-order valence-corrected chi connectivity index (χ1v) is 12.9. The highest BCUT2D eigenvalue weighted by Gasteiger charge is 2.37. The van der Waals surface area contributed by atoms with E-state index in [0.717, 1.165) is 12.0 Å². The molecule has 0 spiro atoms. The summed E-state index contributed by atoms with van der Waals surface area (Å²) in [7, 11) is -1.74. The van der Waals surface area contributed by atoms with E-state index >= 15 is 0 Å². The predicted octanol–water partition coefficient (Wildman–Crippen LogP) is 3.88. The average molecular weight is 407 g/mol. The summed E-state index contributed by atoms with van der Waals surface area (Å²) in [6.45, 7) is 13.8. The van der Waals surface area contributed by atoms with Crippen molar-refractivity contribution in [3.8, 4) is 0 Å². The zero-order valence-electron chi connectivity index (χ0n) is 17.9. The molecule has 0 N–H and O–H groups in total. The number of benzene rings is 1. The van der Waals surface area contributed by atoms with E-state index in [2.05, 4.69) is 33.9 Å². The molecule has 0 atom stereocenters. The van der Waals surface area contributed by atoms with Crippen LogP contribution in [0.2, 0.25) is 18.1 Å². The smallest absolute Gasteiger partial charge is 0.410 e. The van der Waals surface area contributed by atoms with Crippen LogP contribution < -0.4 is 0 Å². The van der Waals surface area contributed by atoms with Crippen LogP contribution in [0.4, 0.5) is 4.79 Å². The van der Waals surface area contributed by atoms with Gasteiger partial charge in [0.05, 0.1) is 0 Å². The molecule has 28 heavy (non-hydrogen) atoms. The van der Waals surface area contributed by atoms with Gasteiger partial charge in [-0.1, -0.05) is 51.1 Å². The maximum Gasteiger partial charge on any atom is 0.410 e. The SMILES string of the molecule is CC(C)(C)[Si](C)(C)OCCCN1CCN(C(=O)OCc2ccccc2)CC1=O. The van der Waals surface area contributed by atoms with E-state index in [1.807, 2.05) is 35.2 Å². The fourth-order valence-electron chi connectivity index (χ4n) is 2.71. The number of hydrogen-bond donors (Lipinski definition) is 0. The van der Waals surface area contributed by atoms with Crippen LogP contribution in [0.25, 0.3) is 0 Å². The summed E-state index contributed by atoms with van der Waals surface area (Å²) < 4.78 is 11.5. The summed E-state index contributed by atoms with van der Waals surface area (Å²) in [6, 6.07) is 9.53. The fraction of sp³-hybridized carbons (Fsp3) is 0.619. The third kappa shape index (κ3) is 6.34. The Labute approximate surface area is 169 Å². The topological polar surface area (TPSA) is 59.1 Å². The van der Waals surface area contributed by atoms with Gasteiger partial charge in [-0.2, -0.15) is 0 Å². The monoisotopic (exact) mass is 406 g/mol. The van der Waals surface area contributed by atoms with Gasteiger partial charge in [0.2, 0.25) is 5.91 Å². The predicted molar refractivity (Wildman–Crippen MR) is 113 cm³/mol. The largest absolute Gasteiger partial charge is 0.445 e. The highest BCUT2D eigenvalue weighted by molar-refractivity contribution is 6.74. The van der Waals surface area contributed by atoms with Crippen LogP contribution in [0, 0.1) is 0 Å². The molecule has 0 radical (unpaired) electrons. The lowest BCUT2D eigenvalue weighted by Crippen LogP contribution is -2.52. The molecule has 2 rings (SSSR count). The molecular formula is C21H34N2O4Si. The molecule has 6 nitrogen and oxygen atoms in total. The zero-order valence-corrected chi connectivity index (χ0v) is 18.9. The number of amides is 2. The molecular weight excluding hydrogens is 372 g/mol. The van der Waals surface area contributed by atoms with E-state index in [0.29, 0.717) is 26.2 Å². The molecule has 1 aromatic carbocycles.